The lowest BCUT2D eigenvalue weighted by Crippen LogP contribution is -2.37. The van der Waals surface area contributed by atoms with Gasteiger partial charge in [-0.1, -0.05) is 18.2 Å². The Kier molecular flexibility index (Phi) is 9.10. The molecule has 0 saturated carbocycles. The average Bonchev–Trinajstić information content (AvgIpc) is 3.11. The Balaban J connectivity index is 0.00000320. The highest BCUT2D eigenvalue weighted by atomic mass is 127. The zero-order chi connectivity index (χ0) is 20.8. The number of hydrogen-bond donors (Lipinski definition) is 3. The smallest absolute Gasteiger partial charge is 0.191 e. The number of aliphatic imine (C=N–C) groups is 1. The number of nitrogens with one attached hydrogen (secondary N) is 3. The van der Waals surface area contributed by atoms with Crippen molar-refractivity contribution in [2.45, 2.75) is 26.4 Å². The van der Waals surface area contributed by atoms with Crippen molar-refractivity contribution in [2.24, 2.45) is 4.99 Å². The molecule has 0 fully saturated rings. The maximum absolute atomic E-state index is 13.9. The molecule has 0 aliphatic rings. The zero-order valence-corrected chi connectivity index (χ0v) is 20.4. The van der Waals surface area contributed by atoms with Crippen LogP contribution in [-0.4, -0.2) is 43.5 Å². The summed E-state index contributed by atoms with van der Waals surface area (Å²) in [5.41, 5.74) is 5.48. The van der Waals surface area contributed by atoms with E-state index in [0.29, 0.717) is 18.7 Å². The van der Waals surface area contributed by atoms with Crippen LogP contribution in [0.1, 0.15) is 22.3 Å². The molecule has 0 saturated heterocycles. The predicted molar refractivity (Wildman–Crippen MR) is 134 cm³/mol. The molecule has 7 heteroatoms. The second-order valence-corrected chi connectivity index (χ2v) is 7.58. The molecule has 30 heavy (non-hydrogen) atoms. The Morgan fingerprint density at radius 2 is 1.93 bits per heavy atom. The largest absolute Gasteiger partial charge is 0.361 e. The molecule has 0 bridgehead atoms. The van der Waals surface area contributed by atoms with Crippen LogP contribution in [0.2, 0.25) is 0 Å². The van der Waals surface area contributed by atoms with E-state index < -0.39 is 0 Å². The van der Waals surface area contributed by atoms with Gasteiger partial charge in [0.05, 0.1) is 0 Å². The molecule has 162 valence electrons. The Labute approximate surface area is 195 Å². The van der Waals surface area contributed by atoms with Crippen LogP contribution in [0.4, 0.5) is 4.39 Å². The zero-order valence-electron chi connectivity index (χ0n) is 18.1. The maximum Gasteiger partial charge on any atom is 0.191 e. The number of fused-ring (bicyclic) bond motifs is 1. The lowest BCUT2D eigenvalue weighted by molar-refractivity contribution is 0.392. The predicted octanol–water partition coefficient (Wildman–Crippen LogP) is 4.20. The van der Waals surface area contributed by atoms with Crippen molar-refractivity contribution < 1.29 is 4.39 Å². The van der Waals surface area contributed by atoms with Gasteiger partial charge in [-0.05, 0) is 62.3 Å². The lowest BCUT2D eigenvalue weighted by atomic mass is 10.1. The van der Waals surface area contributed by atoms with Crippen LogP contribution in [0.15, 0.2) is 47.6 Å². The van der Waals surface area contributed by atoms with Gasteiger partial charge >= 0.3 is 0 Å². The first kappa shape index (κ1) is 24.1. The molecule has 0 aliphatic heterocycles. The van der Waals surface area contributed by atoms with E-state index >= 15 is 0 Å². The first-order valence-corrected chi connectivity index (χ1v) is 9.90. The lowest BCUT2D eigenvalue weighted by Gasteiger charge is -2.14. The van der Waals surface area contributed by atoms with Crippen molar-refractivity contribution >= 4 is 40.8 Å². The Hall–Kier alpha value is -2.13. The van der Waals surface area contributed by atoms with Gasteiger partial charge in [0.25, 0.3) is 0 Å². The van der Waals surface area contributed by atoms with Crippen molar-refractivity contribution in [1.29, 1.82) is 0 Å². The summed E-state index contributed by atoms with van der Waals surface area (Å²) < 4.78 is 13.9. The first-order valence-electron chi connectivity index (χ1n) is 9.90. The van der Waals surface area contributed by atoms with Gasteiger partial charge in [0.2, 0.25) is 0 Å². The van der Waals surface area contributed by atoms with Crippen LogP contribution < -0.4 is 10.6 Å². The fraction of sp³-hybridized carbons (Fsp3) is 0.348. The number of hydrogen-bond acceptors (Lipinski definition) is 2. The summed E-state index contributed by atoms with van der Waals surface area (Å²) in [4.78, 5) is 9.60. The van der Waals surface area contributed by atoms with Crippen LogP contribution in [-0.2, 0) is 19.5 Å². The minimum Gasteiger partial charge on any atom is -0.361 e. The third-order valence-corrected chi connectivity index (χ3v) is 4.96. The molecule has 0 unspecified atom stereocenters. The van der Waals surface area contributed by atoms with Gasteiger partial charge < -0.3 is 20.5 Å². The summed E-state index contributed by atoms with van der Waals surface area (Å²) in [5.74, 6) is 0.569. The van der Waals surface area contributed by atoms with E-state index in [9.17, 15) is 4.39 Å². The van der Waals surface area contributed by atoms with E-state index in [-0.39, 0.29) is 29.8 Å². The summed E-state index contributed by atoms with van der Waals surface area (Å²) in [6.07, 6.45) is 2.98. The Morgan fingerprint density at radius 3 is 2.67 bits per heavy atom. The third-order valence-electron chi connectivity index (χ3n) is 4.96. The number of guanidine groups is 1. The van der Waals surface area contributed by atoms with Gasteiger partial charge in [-0.25, -0.2) is 4.39 Å². The van der Waals surface area contributed by atoms with Gasteiger partial charge in [0.1, 0.15) is 5.82 Å². The molecule has 5 nitrogen and oxygen atoms in total. The van der Waals surface area contributed by atoms with Gasteiger partial charge in [0.15, 0.2) is 5.96 Å². The standard InChI is InChI=1S/C23H30FN5.HI/c1-16-6-5-7-21-22(16)18(14-27-21)10-11-26-23(25-2)28-13-17-8-9-20(24)19(12-17)15-29(3)4;/h5-9,12,14,27H,10-11,13,15H2,1-4H3,(H2,25,26,28);1H. The van der Waals surface area contributed by atoms with Gasteiger partial charge in [0, 0.05) is 49.3 Å². The topological polar surface area (TPSA) is 55.5 Å². The molecule has 2 aromatic carbocycles. The van der Waals surface area contributed by atoms with Crippen molar-refractivity contribution in [3.63, 3.8) is 0 Å². The van der Waals surface area contributed by atoms with E-state index in [1.807, 2.05) is 31.1 Å². The number of aromatic amines is 1. The molecule has 3 N–H and O–H groups in total. The minimum absolute atomic E-state index is 0. The van der Waals surface area contributed by atoms with E-state index in [4.69, 9.17) is 0 Å². The monoisotopic (exact) mass is 523 g/mol. The van der Waals surface area contributed by atoms with Crippen LogP contribution in [0.3, 0.4) is 0 Å². The van der Waals surface area contributed by atoms with E-state index in [0.717, 1.165) is 24.5 Å². The summed E-state index contributed by atoms with van der Waals surface area (Å²) in [7, 11) is 5.63. The fourth-order valence-corrected chi connectivity index (χ4v) is 3.57. The summed E-state index contributed by atoms with van der Waals surface area (Å²) in [6.45, 7) is 4.08. The molecule has 0 radical (unpaired) electrons. The van der Waals surface area contributed by atoms with E-state index in [1.165, 1.54) is 28.1 Å². The van der Waals surface area contributed by atoms with E-state index in [1.54, 1.807) is 7.05 Å². The molecular formula is C23H31FIN5. The molecule has 1 aromatic heterocycles. The molecular weight excluding hydrogens is 492 g/mol. The van der Waals surface area contributed by atoms with Crippen LogP contribution in [0, 0.1) is 12.7 Å². The highest BCUT2D eigenvalue weighted by Crippen LogP contribution is 2.22. The number of benzene rings is 2. The highest BCUT2D eigenvalue weighted by molar-refractivity contribution is 14.0. The van der Waals surface area contributed by atoms with Gasteiger partial charge in [-0.3, -0.25) is 4.99 Å². The van der Waals surface area contributed by atoms with Crippen molar-refractivity contribution in [3.8, 4) is 0 Å². The second kappa shape index (κ2) is 11.3. The first-order chi connectivity index (χ1) is 14.0. The van der Waals surface area contributed by atoms with Crippen molar-refractivity contribution in [3.05, 3.63) is 70.7 Å². The van der Waals surface area contributed by atoms with Gasteiger partial charge in [-0.15, -0.1) is 24.0 Å². The van der Waals surface area contributed by atoms with Crippen LogP contribution in [0.25, 0.3) is 10.9 Å². The molecule has 1 heterocycles. The van der Waals surface area contributed by atoms with Crippen molar-refractivity contribution in [2.75, 3.05) is 27.7 Å². The maximum atomic E-state index is 13.9. The fourth-order valence-electron chi connectivity index (χ4n) is 3.57. The highest BCUT2D eigenvalue weighted by Gasteiger charge is 2.08. The van der Waals surface area contributed by atoms with E-state index in [2.05, 4.69) is 51.9 Å². The number of H-pyrrole nitrogens is 1. The normalized spacial score (nSPS) is 11.6. The van der Waals surface area contributed by atoms with Gasteiger partial charge in [-0.2, -0.15) is 0 Å². The Morgan fingerprint density at radius 1 is 1.13 bits per heavy atom. The average molecular weight is 523 g/mol. The Bertz CT molecular complexity index is 996. The number of rotatable bonds is 7. The molecule has 0 amide bonds. The van der Waals surface area contributed by atoms with Crippen LogP contribution >= 0.6 is 24.0 Å². The van der Waals surface area contributed by atoms with Crippen LogP contribution in [0.5, 0.6) is 0 Å². The molecule has 0 aliphatic carbocycles. The molecule has 0 spiro atoms. The summed E-state index contributed by atoms with van der Waals surface area (Å²) in [5, 5.41) is 7.98. The summed E-state index contributed by atoms with van der Waals surface area (Å²) >= 11 is 0. The number of aryl methyl sites for hydroxylation is 1. The molecule has 0 atom stereocenters. The molecule has 3 aromatic rings. The molecule has 3 rings (SSSR count). The number of aromatic nitrogens is 1. The third kappa shape index (κ3) is 6.18. The number of nitrogens with zero attached hydrogens (tertiary/aromatic N) is 2. The quantitative estimate of drug-likeness (QED) is 0.247. The van der Waals surface area contributed by atoms with Crippen molar-refractivity contribution in [1.82, 2.24) is 20.5 Å². The second-order valence-electron chi connectivity index (χ2n) is 7.58. The minimum atomic E-state index is -0.168. The number of halogens is 2. The SMILES string of the molecule is CN=C(NCCc1c[nH]c2cccc(C)c12)NCc1ccc(F)c(CN(C)C)c1.I. The summed E-state index contributed by atoms with van der Waals surface area (Å²) in [6, 6.07) is 11.6.